The molecule has 2 aromatic heterocycles. The van der Waals surface area contributed by atoms with Crippen molar-refractivity contribution in [3.8, 4) is 5.75 Å². The van der Waals surface area contributed by atoms with Gasteiger partial charge in [-0.15, -0.1) is 0 Å². The van der Waals surface area contributed by atoms with E-state index in [2.05, 4.69) is 15.3 Å². The lowest BCUT2D eigenvalue weighted by molar-refractivity contribution is -0.137. The summed E-state index contributed by atoms with van der Waals surface area (Å²) in [6.07, 6.45) is -1.19. The minimum absolute atomic E-state index is 0.0691. The summed E-state index contributed by atoms with van der Waals surface area (Å²) in [5.74, 6) is 0.460. The summed E-state index contributed by atoms with van der Waals surface area (Å²) in [6.45, 7) is 4.24. The normalized spacial score (nSPS) is 16.5. The fraction of sp³-hybridized carbons (Fsp3) is 0.409. The van der Waals surface area contributed by atoms with Crippen LogP contribution < -0.4 is 4.74 Å². The first-order valence-electron chi connectivity index (χ1n) is 10.5. The van der Waals surface area contributed by atoms with Crippen LogP contribution in [0.3, 0.4) is 0 Å². The van der Waals surface area contributed by atoms with E-state index in [1.165, 1.54) is 12.1 Å². The zero-order valence-corrected chi connectivity index (χ0v) is 17.6. The number of nitrogens with one attached hydrogen (secondary N) is 1. The van der Waals surface area contributed by atoms with E-state index in [1.807, 2.05) is 13.0 Å². The number of benzene rings is 1. The minimum atomic E-state index is -4.36. The van der Waals surface area contributed by atoms with Gasteiger partial charge in [0, 0.05) is 43.9 Å². The summed E-state index contributed by atoms with van der Waals surface area (Å²) < 4.78 is 45.1. The van der Waals surface area contributed by atoms with Crippen LogP contribution in [0.1, 0.15) is 46.7 Å². The molecule has 1 aliphatic rings. The number of carbonyl (C=O) groups is 1. The number of likely N-dealkylation sites (tertiary alicyclic amines) is 1. The smallest absolute Gasteiger partial charge is 0.416 e. The number of hydrogen-bond donors (Lipinski definition) is 1. The number of aryl methyl sites for hydroxylation is 1. The van der Waals surface area contributed by atoms with Gasteiger partial charge in [-0.3, -0.25) is 14.6 Å². The van der Waals surface area contributed by atoms with Gasteiger partial charge < -0.3 is 9.64 Å². The summed E-state index contributed by atoms with van der Waals surface area (Å²) in [5.41, 5.74) is 1.52. The maximum Gasteiger partial charge on any atom is 0.416 e. The van der Waals surface area contributed by atoms with Gasteiger partial charge in [0.25, 0.3) is 5.91 Å². The predicted octanol–water partition coefficient (Wildman–Crippen LogP) is 3.90. The first-order valence-corrected chi connectivity index (χ1v) is 10.5. The molecule has 0 unspecified atom stereocenters. The molecular formula is C22H24F3N5O2. The van der Waals surface area contributed by atoms with Crippen LogP contribution in [-0.2, 0) is 19.1 Å². The van der Waals surface area contributed by atoms with Gasteiger partial charge in [0.15, 0.2) is 0 Å². The topological polar surface area (TPSA) is 76.0 Å². The molecule has 0 radical (unpaired) electrons. The van der Waals surface area contributed by atoms with Gasteiger partial charge in [-0.2, -0.15) is 23.4 Å². The molecule has 4 rings (SSSR count). The van der Waals surface area contributed by atoms with E-state index in [0.29, 0.717) is 44.1 Å². The van der Waals surface area contributed by atoms with Crippen molar-refractivity contribution in [2.45, 2.75) is 38.4 Å². The maximum atomic E-state index is 12.7. The molecule has 3 aromatic rings. The Morgan fingerprint density at radius 2 is 2.03 bits per heavy atom. The number of amides is 1. The molecule has 0 spiro atoms. The molecule has 0 saturated carbocycles. The Bertz CT molecular complexity index is 1060. The van der Waals surface area contributed by atoms with Crippen molar-refractivity contribution in [3.05, 3.63) is 65.2 Å². The zero-order valence-electron chi connectivity index (χ0n) is 17.6. The standard InChI is InChI=1S/C22H24F3N5O2/c1-2-30-11-8-19(28-30)21(31)29-10-7-15(14-29)20-13-17(26-27-20)9-12-32-18-5-3-16(4-6-18)22(23,24)25/h3-6,8,11,13,15H,2,7,9-10,12,14H2,1H3,(H,26,27)/t15-/m0/s1. The van der Waals surface area contributed by atoms with Crippen molar-refractivity contribution >= 4 is 5.91 Å². The van der Waals surface area contributed by atoms with E-state index in [-0.39, 0.29) is 11.8 Å². The lowest BCUT2D eigenvalue weighted by atomic mass is 10.0. The van der Waals surface area contributed by atoms with Crippen LogP contribution in [0.5, 0.6) is 5.75 Å². The molecule has 7 nitrogen and oxygen atoms in total. The Hall–Kier alpha value is -3.30. The number of halogens is 3. The second-order valence-corrected chi connectivity index (χ2v) is 7.73. The SMILES string of the molecule is CCn1ccc(C(=O)N2CC[C@H](c3cc(CCOc4ccc(C(F)(F)F)cc4)[nH]n3)C2)n1. The number of alkyl halides is 3. The Morgan fingerprint density at radius 3 is 2.72 bits per heavy atom. The number of ether oxygens (including phenoxy) is 1. The molecule has 3 heterocycles. The maximum absolute atomic E-state index is 12.7. The van der Waals surface area contributed by atoms with Crippen LogP contribution in [-0.4, -0.2) is 50.5 Å². The van der Waals surface area contributed by atoms with Gasteiger partial charge in [0.05, 0.1) is 17.9 Å². The highest BCUT2D eigenvalue weighted by molar-refractivity contribution is 5.92. The largest absolute Gasteiger partial charge is 0.493 e. The fourth-order valence-electron chi connectivity index (χ4n) is 3.74. The number of rotatable bonds is 7. The highest BCUT2D eigenvalue weighted by atomic mass is 19.4. The summed E-state index contributed by atoms with van der Waals surface area (Å²) in [5, 5.41) is 11.7. The molecule has 1 aromatic carbocycles. The van der Waals surface area contributed by atoms with E-state index < -0.39 is 11.7 Å². The summed E-state index contributed by atoms with van der Waals surface area (Å²) >= 11 is 0. The van der Waals surface area contributed by atoms with Crippen molar-refractivity contribution in [3.63, 3.8) is 0 Å². The Labute approximate surface area is 183 Å². The number of aromatic amines is 1. The number of hydrogen-bond acceptors (Lipinski definition) is 4. The number of carbonyl (C=O) groups excluding carboxylic acids is 1. The Morgan fingerprint density at radius 1 is 1.25 bits per heavy atom. The first kappa shape index (κ1) is 21.9. The van der Waals surface area contributed by atoms with Crippen LogP contribution in [0.2, 0.25) is 0 Å². The van der Waals surface area contributed by atoms with Crippen molar-refractivity contribution in [1.29, 1.82) is 0 Å². The molecule has 32 heavy (non-hydrogen) atoms. The average Bonchev–Trinajstić information content (AvgIpc) is 3.53. The van der Waals surface area contributed by atoms with E-state index in [0.717, 1.165) is 29.9 Å². The molecule has 170 valence electrons. The van der Waals surface area contributed by atoms with Gasteiger partial charge in [-0.05, 0) is 49.7 Å². The molecule has 1 atom stereocenters. The van der Waals surface area contributed by atoms with Crippen molar-refractivity contribution in [2.75, 3.05) is 19.7 Å². The van der Waals surface area contributed by atoms with Gasteiger partial charge in [0.2, 0.25) is 0 Å². The van der Waals surface area contributed by atoms with Crippen molar-refractivity contribution in [2.24, 2.45) is 0 Å². The second-order valence-electron chi connectivity index (χ2n) is 7.73. The zero-order chi connectivity index (χ0) is 22.7. The highest BCUT2D eigenvalue weighted by Crippen LogP contribution is 2.30. The van der Waals surface area contributed by atoms with Gasteiger partial charge >= 0.3 is 6.18 Å². The quantitative estimate of drug-likeness (QED) is 0.596. The number of nitrogens with zero attached hydrogens (tertiary/aromatic N) is 4. The molecule has 1 saturated heterocycles. The summed E-state index contributed by atoms with van der Waals surface area (Å²) in [7, 11) is 0. The van der Waals surface area contributed by atoms with Crippen molar-refractivity contribution in [1.82, 2.24) is 24.9 Å². The molecular weight excluding hydrogens is 423 g/mol. The first-order chi connectivity index (χ1) is 15.3. The van der Waals surface area contributed by atoms with E-state index in [1.54, 1.807) is 21.8 Å². The third kappa shape index (κ3) is 4.95. The van der Waals surface area contributed by atoms with Gasteiger partial charge in [0.1, 0.15) is 11.4 Å². The van der Waals surface area contributed by atoms with E-state index in [4.69, 9.17) is 4.74 Å². The number of aromatic nitrogens is 4. The molecule has 10 heteroatoms. The predicted molar refractivity (Wildman–Crippen MR) is 110 cm³/mol. The van der Waals surface area contributed by atoms with E-state index >= 15 is 0 Å². The fourth-order valence-corrected chi connectivity index (χ4v) is 3.74. The molecule has 1 N–H and O–H groups in total. The van der Waals surface area contributed by atoms with Crippen LogP contribution in [0.15, 0.2) is 42.6 Å². The molecule has 1 fully saturated rings. The van der Waals surface area contributed by atoms with Crippen LogP contribution >= 0.6 is 0 Å². The van der Waals surface area contributed by atoms with Gasteiger partial charge in [-0.25, -0.2) is 0 Å². The highest BCUT2D eigenvalue weighted by Gasteiger charge is 2.31. The van der Waals surface area contributed by atoms with Crippen molar-refractivity contribution < 1.29 is 22.7 Å². The summed E-state index contributed by atoms with van der Waals surface area (Å²) in [6, 6.07) is 8.33. The molecule has 0 aliphatic carbocycles. The summed E-state index contributed by atoms with van der Waals surface area (Å²) in [4.78, 5) is 14.5. The monoisotopic (exact) mass is 447 g/mol. The van der Waals surface area contributed by atoms with Gasteiger partial charge in [-0.1, -0.05) is 0 Å². The van der Waals surface area contributed by atoms with E-state index in [9.17, 15) is 18.0 Å². The third-order valence-corrected chi connectivity index (χ3v) is 5.55. The number of H-pyrrole nitrogens is 1. The molecule has 1 amide bonds. The third-order valence-electron chi connectivity index (χ3n) is 5.55. The molecule has 0 bridgehead atoms. The van der Waals surface area contributed by atoms with Crippen LogP contribution in [0, 0.1) is 0 Å². The molecule has 1 aliphatic heterocycles. The minimum Gasteiger partial charge on any atom is -0.493 e. The Balaban J connectivity index is 1.27. The Kier molecular flexibility index (Phi) is 6.20. The lowest BCUT2D eigenvalue weighted by Gasteiger charge is -2.14. The second kappa shape index (κ2) is 9.05. The van der Waals surface area contributed by atoms with Crippen LogP contribution in [0.4, 0.5) is 13.2 Å². The van der Waals surface area contributed by atoms with Crippen LogP contribution in [0.25, 0.3) is 0 Å². The lowest BCUT2D eigenvalue weighted by Crippen LogP contribution is -2.29. The average molecular weight is 447 g/mol.